The molecule has 0 unspecified atom stereocenters. The van der Waals surface area contributed by atoms with Gasteiger partial charge >= 0.3 is 0 Å². The molecule has 0 aliphatic rings. The molecule has 20 heavy (non-hydrogen) atoms. The average Bonchev–Trinajstić information content (AvgIpc) is 3.07. The van der Waals surface area contributed by atoms with Crippen molar-refractivity contribution >= 4 is 22.6 Å². The molecule has 1 amide bonds. The molecule has 8 nitrogen and oxygen atoms in total. The highest BCUT2D eigenvalue weighted by Gasteiger charge is 2.11. The van der Waals surface area contributed by atoms with Crippen LogP contribution in [0.25, 0.3) is 11.0 Å². The molecule has 3 aromatic heterocycles. The fraction of sp³-hybridized carbons (Fsp3) is 0.250. The SMILES string of the molecule is CC(C)n1ncc2cc(NC(=O)c3ncn[nH]3)cnc21. The Bertz CT molecular complexity index is 744. The molecule has 3 heterocycles. The topological polar surface area (TPSA) is 101 Å². The third kappa shape index (κ3) is 2.11. The molecule has 2 N–H and O–H groups in total. The summed E-state index contributed by atoms with van der Waals surface area (Å²) in [4.78, 5) is 20.0. The third-order valence-electron chi connectivity index (χ3n) is 2.81. The largest absolute Gasteiger partial charge is 0.318 e. The molecule has 0 bridgehead atoms. The molecule has 0 radical (unpaired) electrons. The van der Waals surface area contributed by atoms with Gasteiger partial charge in [-0.25, -0.2) is 14.6 Å². The lowest BCUT2D eigenvalue weighted by Crippen LogP contribution is -2.14. The first kappa shape index (κ1) is 12.3. The first-order valence-corrected chi connectivity index (χ1v) is 6.15. The number of aromatic nitrogens is 6. The minimum atomic E-state index is -0.361. The van der Waals surface area contributed by atoms with Gasteiger partial charge in [0.1, 0.15) is 6.33 Å². The van der Waals surface area contributed by atoms with Crippen LogP contribution in [-0.2, 0) is 0 Å². The van der Waals surface area contributed by atoms with E-state index in [1.54, 1.807) is 12.4 Å². The molecular formula is C12H13N7O. The summed E-state index contributed by atoms with van der Waals surface area (Å²) in [5.74, 6) is -0.206. The van der Waals surface area contributed by atoms with Crippen LogP contribution in [0.1, 0.15) is 30.5 Å². The van der Waals surface area contributed by atoms with Crippen LogP contribution in [0.5, 0.6) is 0 Å². The van der Waals surface area contributed by atoms with Crippen molar-refractivity contribution in [3.05, 3.63) is 30.6 Å². The Morgan fingerprint density at radius 3 is 2.90 bits per heavy atom. The van der Waals surface area contributed by atoms with Gasteiger partial charge in [0.15, 0.2) is 5.65 Å². The number of carbonyl (C=O) groups is 1. The second kappa shape index (κ2) is 4.72. The fourth-order valence-corrected chi connectivity index (χ4v) is 1.89. The van der Waals surface area contributed by atoms with Gasteiger partial charge in [0.25, 0.3) is 5.91 Å². The van der Waals surface area contributed by atoms with Crippen LogP contribution in [0.3, 0.4) is 0 Å². The van der Waals surface area contributed by atoms with E-state index in [4.69, 9.17) is 0 Å². The second-order valence-corrected chi connectivity index (χ2v) is 4.61. The minimum absolute atomic E-state index is 0.156. The van der Waals surface area contributed by atoms with Crippen molar-refractivity contribution in [2.75, 3.05) is 5.32 Å². The number of rotatable bonds is 3. The number of nitrogens with one attached hydrogen (secondary N) is 2. The molecule has 3 aromatic rings. The minimum Gasteiger partial charge on any atom is -0.318 e. The van der Waals surface area contributed by atoms with Gasteiger partial charge in [-0.2, -0.15) is 10.2 Å². The van der Waals surface area contributed by atoms with Crippen LogP contribution in [0.2, 0.25) is 0 Å². The highest BCUT2D eigenvalue weighted by molar-refractivity contribution is 6.02. The highest BCUT2D eigenvalue weighted by atomic mass is 16.2. The van der Waals surface area contributed by atoms with E-state index >= 15 is 0 Å². The van der Waals surface area contributed by atoms with Crippen LogP contribution < -0.4 is 5.32 Å². The summed E-state index contributed by atoms with van der Waals surface area (Å²) in [6.07, 6.45) is 4.60. The molecular weight excluding hydrogens is 258 g/mol. The summed E-state index contributed by atoms with van der Waals surface area (Å²) in [5, 5.41) is 14.0. The van der Waals surface area contributed by atoms with Gasteiger partial charge in [-0.1, -0.05) is 0 Å². The van der Waals surface area contributed by atoms with Crippen LogP contribution in [-0.4, -0.2) is 35.9 Å². The van der Waals surface area contributed by atoms with E-state index in [2.05, 4.69) is 30.6 Å². The van der Waals surface area contributed by atoms with Gasteiger partial charge in [-0.3, -0.25) is 9.89 Å². The normalized spacial score (nSPS) is 11.2. The summed E-state index contributed by atoms with van der Waals surface area (Å²) < 4.78 is 1.83. The first-order chi connectivity index (χ1) is 9.65. The quantitative estimate of drug-likeness (QED) is 0.749. The van der Waals surface area contributed by atoms with Crippen molar-refractivity contribution in [1.82, 2.24) is 29.9 Å². The summed E-state index contributed by atoms with van der Waals surface area (Å²) in [5.41, 5.74) is 1.37. The Labute approximate surface area is 114 Å². The second-order valence-electron chi connectivity index (χ2n) is 4.61. The molecule has 0 atom stereocenters. The van der Waals surface area contributed by atoms with E-state index in [0.717, 1.165) is 11.0 Å². The Kier molecular flexibility index (Phi) is 2.90. The van der Waals surface area contributed by atoms with Gasteiger partial charge in [0.05, 0.1) is 18.1 Å². The van der Waals surface area contributed by atoms with E-state index in [-0.39, 0.29) is 17.8 Å². The number of aromatic amines is 1. The standard InChI is InChI=1S/C12H13N7O/c1-7(2)19-11-8(4-16-19)3-9(5-13-11)17-12(20)10-14-6-15-18-10/h3-7H,1-2H3,(H,17,20)(H,14,15,18). The van der Waals surface area contributed by atoms with Gasteiger partial charge in [0, 0.05) is 11.4 Å². The molecule has 0 aliphatic carbocycles. The zero-order chi connectivity index (χ0) is 14.1. The van der Waals surface area contributed by atoms with Crippen LogP contribution in [0, 0.1) is 0 Å². The van der Waals surface area contributed by atoms with Crippen molar-refractivity contribution in [2.45, 2.75) is 19.9 Å². The molecule has 0 spiro atoms. The Morgan fingerprint density at radius 2 is 2.20 bits per heavy atom. The van der Waals surface area contributed by atoms with Crippen LogP contribution >= 0.6 is 0 Å². The van der Waals surface area contributed by atoms with E-state index < -0.39 is 0 Å². The first-order valence-electron chi connectivity index (χ1n) is 6.15. The fourth-order valence-electron chi connectivity index (χ4n) is 1.89. The van der Waals surface area contributed by atoms with E-state index in [1.165, 1.54) is 6.33 Å². The summed E-state index contributed by atoms with van der Waals surface area (Å²) in [6.45, 7) is 4.07. The summed E-state index contributed by atoms with van der Waals surface area (Å²) in [7, 11) is 0. The molecule has 0 aromatic carbocycles. The molecule has 0 fully saturated rings. The Morgan fingerprint density at radius 1 is 1.35 bits per heavy atom. The highest BCUT2D eigenvalue weighted by Crippen LogP contribution is 2.19. The van der Waals surface area contributed by atoms with Crippen LogP contribution in [0.4, 0.5) is 5.69 Å². The maximum atomic E-state index is 11.8. The summed E-state index contributed by atoms with van der Waals surface area (Å²) in [6, 6.07) is 2.05. The van der Waals surface area contributed by atoms with E-state index in [9.17, 15) is 4.79 Å². The maximum Gasteiger partial charge on any atom is 0.293 e. The van der Waals surface area contributed by atoms with Crippen LogP contribution in [0.15, 0.2) is 24.8 Å². The number of hydrogen-bond donors (Lipinski definition) is 2. The lowest BCUT2D eigenvalue weighted by molar-refractivity contribution is 0.101. The smallest absolute Gasteiger partial charge is 0.293 e. The predicted molar refractivity (Wildman–Crippen MR) is 72.2 cm³/mol. The van der Waals surface area contributed by atoms with Gasteiger partial charge < -0.3 is 5.32 Å². The van der Waals surface area contributed by atoms with Crippen molar-refractivity contribution in [1.29, 1.82) is 0 Å². The number of fused-ring (bicyclic) bond motifs is 1. The Hall–Kier alpha value is -2.77. The maximum absolute atomic E-state index is 11.8. The molecule has 3 rings (SSSR count). The summed E-state index contributed by atoms with van der Waals surface area (Å²) >= 11 is 0. The Balaban J connectivity index is 1.88. The number of nitrogens with zero attached hydrogens (tertiary/aromatic N) is 5. The number of hydrogen-bond acceptors (Lipinski definition) is 5. The predicted octanol–water partition coefficient (Wildman–Crippen LogP) is 1.38. The van der Waals surface area contributed by atoms with Gasteiger partial charge in [-0.15, -0.1) is 0 Å². The molecule has 0 aliphatic heterocycles. The zero-order valence-corrected chi connectivity index (χ0v) is 11.0. The van der Waals surface area contributed by atoms with Crippen molar-refractivity contribution in [3.8, 4) is 0 Å². The number of amides is 1. The number of pyridine rings is 1. The monoisotopic (exact) mass is 271 g/mol. The van der Waals surface area contributed by atoms with Gasteiger partial charge in [-0.05, 0) is 19.9 Å². The zero-order valence-electron chi connectivity index (χ0n) is 11.0. The molecule has 102 valence electrons. The van der Waals surface area contributed by atoms with E-state index in [1.807, 2.05) is 24.6 Å². The van der Waals surface area contributed by atoms with E-state index in [0.29, 0.717) is 5.69 Å². The molecule has 0 saturated carbocycles. The lowest BCUT2D eigenvalue weighted by Gasteiger charge is -2.07. The van der Waals surface area contributed by atoms with Gasteiger partial charge in [0.2, 0.25) is 5.82 Å². The van der Waals surface area contributed by atoms with Crippen molar-refractivity contribution in [3.63, 3.8) is 0 Å². The van der Waals surface area contributed by atoms with Crippen molar-refractivity contribution in [2.24, 2.45) is 0 Å². The van der Waals surface area contributed by atoms with Crippen molar-refractivity contribution < 1.29 is 4.79 Å². The lowest BCUT2D eigenvalue weighted by atomic mass is 10.3. The average molecular weight is 271 g/mol. The third-order valence-corrected chi connectivity index (χ3v) is 2.81. The molecule has 0 saturated heterocycles. The number of anilines is 1. The molecule has 8 heteroatoms. The number of carbonyl (C=O) groups excluding carboxylic acids is 1. The number of H-pyrrole nitrogens is 1.